The molecule has 0 atom stereocenters. The number of fused-ring (bicyclic) bond motifs is 2. The molecule has 2 N–H and O–H groups in total. The fraction of sp³-hybridized carbons (Fsp3) is 0.440. The highest BCUT2D eigenvalue weighted by Crippen LogP contribution is 2.52. The van der Waals surface area contributed by atoms with Crippen molar-refractivity contribution in [3.05, 3.63) is 58.7 Å². The Morgan fingerprint density at radius 3 is 2.49 bits per heavy atom. The summed E-state index contributed by atoms with van der Waals surface area (Å²) >= 11 is 0. The lowest BCUT2D eigenvalue weighted by atomic mass is 9.64. The van der Waals surface area contributed by atoms with Gasteiger partial charge in [0, 0.05) is 23.7 Å². The summed E-state index contributed by atoms with van der Waals surface area (Å²) in [7, 11) is -2.47. The van der Waals surface area contributed by atoms with E-state index in [1.807, 2.05) is 7.05 Å². The smallest absolute Gasteiger partial charge is 0.264 e. The van der Waals surface area contributed by atoms with E-state index in [1.54, 1.807) is 6.07 Å². The van der Waals surface area contributed by atoms with Crippen LogP contribution in [0.5, 0.6) is 0 Å². The maximum Gasteiger partial charge on any atom is 0.264 e. The summed E-state index contributed by atoms with van der Waals surface area (Å²) in [6, 6.07) is 5.13. The van der Waals surface area contributed by atoms with Crippen molar-refractivity contribution < 1.29 is 26.8 Å². The van der Waals surface area contributed by atoms with Crippen LogP contribution in [-0.2, 0) is 26.7 Å². The molecule has 1 spiro atoms. The van der Waals surface area contributed by atoms with Crippen LogP contribution >= 0.6 is 0 Å². The Balaban J connectivity index is 1.52. The Bertz CT molecular complexity index is 1320. The molecule has 7 nitrogen and oxygen atoms in total. The molecule has 2 aromatic rings. The number of Topliss-reactive ketones (excluding diaryl/α,β-unsaturated/α-hetero) is 1. The SMILES string of the molecule is CN1CCC(NC(=O)c2cc(NS(=O)(=O)c3cc(F)ccc3F)cc3c2CC(=O)C32CCC2)CC1. The normalized spacial score (nSPS) is 19.9. The van der Waals surface area contributed by atoms with Crippen LogP contribution in [0.4, 0.5) is 14.5 Å². The molecule has 10 heteroatoms. The van der Waals surface area contributed by atoms with Gasteiger partial charge in [0.15, 0.2) is 0 Å². The number of amides is 1. The van der Waals surface area contributed by atoms with Crippen LogP contribution in [0.1, 0.15) is 53.6 Å². The molecule has 0 radical (unpaired) electrons. The average Bonchev–Trinajstić information content (AvgIpc) is 3.08. The van der Waals surface area contributed by atoms with Crippen molar-refractivity contribution in [2.45, 2.75) is 54.9 Å². The van der Waals surface area contributed by atoms with Crippen LogP contribution in [0.15, 0.2) is 35.2 Å². The maximum absolute atomic E-state index is 14.2. The summed E-state index contributed by atoms with van der Waals surface area (Å²) in [4.78, 5) is 27.7. The van der Waals surface area contributed by atoms with Gasteiger partial charge in [0.25, 0.3) is 15.9 Å². The van der Waals surface area contributed by atoms with Gasteiger partial charge >= 0.3 is 0 Å². The van der Waals surface area contributed by atoms with E-state index >= 15 is 0 Å². The molecule has 2 aliphatic carbocycles. The summed E-state index contributed by atoms with van der Waals surface area (Å²) in [5.74, 6) is -2.31. The molecule has 0 unspecified atom stereocenters. The number of ketones is 1. The quantitative estimate of drug-likeness (QED) is 0.654. The van der Waals surface area contributed by atoms with Gasteiger partial charge in [0.05, 0.1) is 5.41 Å². The van der Waals surface area contributed by atoms with Gasteiger partial charge < -0.3 is 10.2 Å². The largest absolute Gasteiger partial charge is 0.349 e. The lowest BCUT2D eigenvalue weighted by molar-refractivity contribution is -0.125. The predicted molar refractivity (Wildman–Crippen MR) is 126 cm³/mol. The number of hydrogen-bond acceptors (Lipinski definition) is 5. The third-order valence-electron chi connectivity index (χ3n) is 7.58. The molecule has 0 bridgehead atoms. The zero-order valence-electron chi connectivity index (χ0n) is 19.4. The van der Waals surface area contributed by atoms with E-state index in [0.717, 1.165) is 44.5 Å². The highest BCUT2D eigenvalue weighted by molar-refractivity contribution is 7.92. The van der Waals surface area contributed by atoms with E-state index in [2.05, 4.69) is 14.9 Å². The van der Waals surface area contributed by atoms with E-state index < -0.39 is 32.0 Å². The van der Waals surface area contributed by atoms with E-state index in [9.17, 15) is 26.8 Å². The number of carbonyl (C=O) groups is 2. The molecule has 2 aromatic carbocycles. The molecule has 35 heavy (non-hydrogen) atoms. The van der Waals surface area contributed by atoms with Crippen LogP contribution in [0.2, 0.25) is 0 Å². The standard InChI is InChI=1S/C25H27F2N3O4S/c1-30-9-5-16(6-10-30)28-24(32)19-12-17(13-20-18(19)14-23(31)25(20)7-2-8-25)29-35(33,34)22-11-15(26)3-4-21(22)27/h3-4,11-13,16,29H,2,5-10,14H2,1H3,(H,28,32). The van der Waals surface area contributed by atoms with E-state index in [1.165, 1.54) is 6.07 Å². The van der Waals surface area contributed by atoms with Crippen LogP contribution in [0.3, 0.4) is 0 Å². The molecule has 0 aromatic heterocycles. The Kier molecular flexibility index (Phi) is 5.91. The van der Waals surface area contributed by atoms with Crippen molar-refractivity contribution in [3.8, 4) is 0 Å². The molecule has 1 saturated heterocycles. The Morgan fingerprint density at radius 1 is 1.11 bits per heavy atom. The minimum atomic E-state index is -4.49. The van der Waals surface area contributed by atoms with Gasteiger partial charge in [-0.05, 0) is 87.3 Å². The van der Waals surface area contributed by atoms with Crippen molar-refractivity contribution in [1.82, 2.24) is 10.2 Å². The average molecular weight is 504 g/mol. The fourth-order valence-electron chi connectivity index (χ4n) is 5.42. The number of likely N-dealkylation sites (tertiary alicyclic amines) is 1. The topological polar surface area (TPSA) is 95.6 Å². The van der Waals surface area contributed by atoms with E-state index in [-0.39, 0.29) is 35.4 Å². The molecular weight excluding hydrogens is 476 g/mol. The molecule has 1 saturated carbocycles. The van der Waals surface area contributed by atoms with Crippen LogP contribution in [-0.4, -0.2) is 51.2 Å². The second kappa shape index (κ2) is 8.67. The number of halogens is 2. The molecule has 2 fully saturated rings. The zero-order chi connectivity index (χ0) is 25.0. The first-order valence-corrected chi connectivity index (χ1v) is 13.3. The Hall–Kier alpha value is -2.85. The number of nitrogens with zero attached hydrogens (tertiary/aromatic N) is 1. The van der Waals surface area contributed by atoms with Gasteiger partial charge in [0.1, 0.15) is 22.3 Å². The van der Waals surface area contributed by atoms with Gasteiger partial charge in [0.2, 0.25) is 0 Å². The van der Waals surface area contributed by atoms with Crippen LogP contribution in [0.25, 0.3) is 0 Å². The van der Waals surface area contributed by atoms with Crippen LogP contribution in [0, 0.1) is 11.6 Å². The molecule has 3 aliphatic rings. The minimum Gasteiger partial charge on any atom is -0.349 e. The summed E-state index contributed by atoms with van der Waals surface area (Å²) < 4.78 is 56.0. The number of rotatable bonds is 5. The van der Waals surface area contributed by atoms with Gasteiger partial charge in [-0.2, -0.15) is 0 Å². The third-order valence-corrected chi connectivity index (χ3v) is 8.97. The Labute approximate surface area is 202 Å². The van der Waals surface area contributed by atoms with Crippen LogP contribution < -0.4 is 10.0 Å². The fourth-order valence-corrected chi connectivity index (χ4v) is 6.55. The van der Waals surface area contributed by atoms with Crippen molar-refractivity contribution in [2.24, 2.45) is 0 Å². The second-order valence-electron chi connectivity index (χ2n) is 9.82. The number of carbonyl (C=O) groups excluding carboxylic acids is 2. The molecule has 1 heterocycles. The summed E-state index contributed by atoms with van der Waals surface area (Å²) in [5.41, 5.74) is 0.865. The monoisotopic (exact) mass is 503 g/mol. The highest BCUT2D eigenvalue weighted by Gasteiger charge is 2.51. The summed E-state index contributed by atoms with van der Waals surface area (Å²) in [6.07, 6.45) is 3.86. The Morgan fingerprint density at radius 2 is 1.83 bits per heavy atom. The number of anilines is 1. The van der Waals surface area contributed by atoms with Gasteiger partial charge in [-0.25, -0.2) is 17.2 Å². The lowest BCUT2D eigenvalue weighted by Gasteiger charge is -2.38. The first-order valence-electron chi connectivity index (χ1n) is 11.8. The number of piperidine rings is 1. The van der Waals surface area contributed by atoms with Crippen molar-refractivity contribution in [1.29, 1.82) is 0 Å². The first kappa shape index (κ1) is 23.9. The zero-order valence-corrected chi connectivity index (χ0v) is 20.2. The van der Waals surface area contributed by atoms with Crippen molar-refractivity contribution in [3.63, 3.8) is 0 Å². The number of sulfonamides is 1. The van der Waals surface area contributed by atoms with Crippen molar-refractivity contribution >= 4 is 27.4 Å². The highest BCUT2D eigenvalue weighted by atomic mass is 32.2. The second-order valence-corrected chi connectivity index (χ2v) is 11.5. The molecule has 186 valence electrons. The van der Waals surface area contributed by atoms with Gasteiger partial charge in [-0.1, -0.05) is 6.42 Å². The third kappa shape index (κ3) is 4.23. The summed E-state index contributed by atoms with van der Waals surface area (Å²) in [5, 5.41) is 3.04. The van der Waals surface area contributed by atoms with E-state index in [4.69, 9.17) is 0 Å². The minimum absolute atomic E-state index is 0.0224. The lowest BCUT2D eigenvalue weighted by Crippen LogP contribution is -2.43. The number of nitrogens with one attached hydrogen (secondary N) is 2. The predicted octanol–water partition coefficient (Wildman–Crippen LogP) is 3.14. The first-order chi connectivity index (χ1) is 16.6. The molecular formula is C25H27F2N3O4S. The molecule has 1 aliphatic heterocycles. The molecule has 5 rings (SSSR count). The number of benzene rings is 2. The van der Waals surface area contributed by atoms with Gasteiger partial charge in [-0.3, -0.25) is 14.3 Å². The maximum atomic E-state index is 14.2. The van der Waals surface area contributed by atoms with Crippen molar-refractivity contribution in [2.75, 3.05) is 24.9 Å². The number of hydrogen-bond donors (Lipinski definition) is 2. The van der Waals surface area contributed by atoms with Gasteiger partial charge in [-0.15, -0.1) is 0 Å². The molecule has 1 amide bonds. The summed E-state index contributed by atoms with van der Waals surface area (Å²) in [6.45, 7) is 1.70. The van der Waals surface area contributed by atoms with E-state index in [0.29, 0.717) is 30.0 Å².